The number of rotatable bonds is 5. The van der Waals surface area contributed by atoms with Gasteiger partial charge in [-0.2, -0.15) is 0 Å². The fraction of sp³-hybridized carbons (Fsp3) is 0.556. The summed E-state index contributed by atoms with van der Waals surface area (Å²) >= 11 is 0. The average molecular weight is 377 g/mol. The Bertz CT molecular complexity index is 908. The van der Waals surface area contributed by atoms with E-state index in [1.165, 1.54) is 18.0 Å². The van der Waals surface area contributed by atoms with Crippen LogP contribution in [0.25, 0.3) is 11.1 Å². The summed E-state index contributed by atoms with van der Waals surface area (Å²) in [6.45, 7) is 3.18. The standard InChI is InChI=1S/C18H23N3O6/c1-11-13(16(22)20-6-4-12(5-7-20)18(24)26-3)14-15(27-11)19-10-21(17(14)23)8-9-25-2/h10,12H,4-9H2,1-3H3. The number of methoxy groups -OCH3 is 2. The van der Waals surface area contributed by atoms with E-state index in [1.807, 2.05) is 0 Å². The minimum atomic E-state index is -0.332. The molecule has 27 heavy (non-hydrogen) atoms. The first-order chi connectivity index (χ1) is 13.0. The highest BCUT2D eigenvalue weighted by Crippen LogP contribution is 2.25. The summed E-state index contributed by atoms with van der Waals surface area (Å²) < 4.78 is 16.7. The summed E-state index contributed by atoms with van der Waals surface area (Å²) in [7, 11) is 2.91. The lowest BCUT2D eigenvalue weighted by Gasteiger charge is -2.30. The van der Waals surface area contributed by atoms with Crippen LogP contribution in [0.2, 0.25) is 0 Å². The van der Waals surface area contributed by atoms with Crippen molar-refractivity contribution in [3.05, 3.63) is 28.0 Å². The van der Waals surface area contributed by atoms with Crippen LogP contribution in [0.5, 0.6) is 0 Å². The first-order valence-corrected chi connectivity index (χ1v) is 8.82. The van der Waals surface area contributed by atoms with Crippen molar-refractivity contribution < 1.29 is 23.5 Å². The molecule has 2 aromatic heterocycles. The Labute approximate surface area is 155 Å². The number of esters is 1. The van der Waals surface area contributed by atoms with Gasteiger partial charge in [0.25, 0.3) is 11.5 Å². The number of furan rings is 1. The second-order valence-corrected chi connectivity index (χ2v) is 6.54. The lowest BCUT2D eigenvalue weighted by Crippen LogP contribution is -2.41. The van der Waals surface area contributed by atoms with E-state index < -0.39 is 0 Å². The van der Waals surface area contributed by atoms with E-state index in [0.29, 0.717) is 44.8 Å². The second kappa shape index (κ2) is 7.91. The Morgan fingerprint density at radius 3 is 2.63 bits per heavy atom. The zero-order valence-corrected chi connectivity index (χ0v) is 15.7. The van der Waals surface area contributed by atoms with Gasteiger partial charge in [-0.15, -0.1) is 0 Å². The number of piperidine rings is 1. The van der Waals surface area contributed by atoms with E-state index in [9.17, 15) is 14.4 Å². The number of hydrogen-bond acceptors (Lipinski definition) is 7. The van der Waals surface area contributed by atoms with Crippen molar-refractivity contribution in [3.63, 3.8) is 0 Å². The first kappa shape index (κ1) is 19.1. The zero-order chi connectivity index (χ0) is 19.6. The molecular weight excluding hydrogens is 354 g/mol. The maximum Gasteiger partial charge on any atom is 0.308 e. The number of hydrogen-bond donors (Lipinski definition) is 0. The molecule has 0 unspecified atom stereocenters. The van der Waals surface area contributed by atoms with Crippen molar-refractivity contribution in [2.45, 2.75) is 26.3 Å². The van der Waals surface area contributed by atoms with Crippen molar-refractivity contribution in [3.8, 4) is 0 Å². The Hall–Kier alpha value is -2.68. The molecule has 0 N–H and O–H groups in total. The maximum atomic E-state index is 13.1. The van der Waals surface area contributed by atoms with Crippen molar-refractivity contribution in [1.29, 1.82) is 0 Å². The minimum Gasteiger partial charge on any atom is -0.469 e. The molecule has 3 heterocycles. The van der Waals surface area contributed by atoms with Crippen LogP contribution in [0, 0.1) is 12.8 Å². The lowest BCUT2D eigenvalue weighted by molar-refractivity contribution is -0.146. The Balaban J connectivity index is 1.90. The fourth-order valence-electron chi connectivity index (χ4n) is 3.39. The van der Waals surface area contributed by atoms with E-state index in [1.54, 1.807) is 18.9 Å². The zero-order valence-electron chi connectivity index (χ0n) is 15.7. The minimum absolute atomic E-state index is 0.152. The van der Waals surface area contributed by atoms with Gasteiger partial charge in [-0.25, -0.2) is 4.98 Å². The van der Waals surface area contributed by atoms with Gasteiger partial charge < -0.3 is 18.8 Å². The van der Waals surface area contributed by atoms with Gasteiger partial charge in [0, 0.05) is 20.2 Å². The molecule has 0 radical (unpaired) electrons. The molecule has 1 saturated heterocycles. The molecule has 1 fully saturated rings. The number of carbonyl (C=O) groups excluding carboxylic acids is 2. The van der Waals surface area contributed by atoms with Crippen LogP contribution in [0.15, 0.2) is 15.5 Å². The SMILES string of the molecule is COCCn1cnc2oc(C)c(C(=O)N3CCC(C(=O)OC)CC3)c2c1=O. The third kappa shape index (κ3) is 3.59. The molecule has 0 aromatic carbocycles. The highest BCUT2D eigenvalue weighted by Gasteiger charge is 2.31. The summed E-state index contributed by atoms with van der Waals surface area (Å²) in [4.78, 5) is 43.3. The van der Waals surface area contributed by atoms with Crippen LogP contribution in [-0.2, 0) is 20.8 Å². The molecule has 1 aliphatic heterocycles. The van der Waals surface area contributed by atoms with Crippen molar-refractivity contribution in [1.82, 2.24) is 14.5 Å². The van der Waals surface area contributed by atoms with Crippen molar-refractivity contribution in [2.75, 3.05) is 33.9 Å². The second-order valence-electron chi connectivity index (χ2n) is 6.54. The van der Waals surface area contributed by atoms with Crippen molar-refractivity contribution in [2.24, 2.45) is 5.92 Å². The molecule has 1 amide bonds. The summed E-state index contributed by atoms with van der Waals surface area (Å²) in [5.74, 6) is -0.372. The normalized spacial score (nSPS) is 15.3. The van der Waals surface area contributed by atoms with Gasteiger partial charge in [0.1, 0.15) is 17.5 Å². The lowest BCUT2D eigenvalue weighted by atomic mass is 9.96. The number of amides is 1. The summed E-state index contributed by atoms with van der Waals surface area (Å²) in [6.07, 6.45) is 2.45. The van der Waals surface area contributed by atoms with E-state index in [-0.39, 0.29) is 40.0 Å². The number of aryl methyl sites for hydroxylation is 1. The van der Waals surface area contributed by atoms with E-state index in [0.717, 1.165) is 0 Å². The van der Waals surface area contributed by atoms with Crippen LogP contribution in [0.1, 0.15) is 29.0 Å². The number of likely N-dealkylation sites (tertiary alicyclic amines) is 1. The Kier molecular flexibility index (Phi) is 5.59. The molecule has 1 aliphatic rings. The third-order valence-corrected chi connectivity index (χ3v) is 4.92. The number of ether oxygens (including phenoxy) is 2. The molecule has 146 valence electrons. The predicted molar refractivity (Wildman–Crippen MR) is 95.5 cm³/mol. The molecule has 2 aromatic rings. The van der Waals surface area contributed by atoms with E-state index >= 15 is 0 Å². The van der Waals surface area contributed by atoms with Gasteiger partial charge in [-0.05, 0) is 19.8 Å². The van der Waals surface area contributed by atoms with Crippen LogP contribution in [0.3, 0.4) is 0 Å². The molecule has 9 heteroatoms. The van der Waals surface area contributed by atoms with Gasteiger partial charge in [0.2, 0.25) is 5.71 Å². The smallest absolute Gasteiger partial charge is 0.308 e. The molecule has 0 bridgehead atoms. The third-order valence-electron chi connectivity index (χ3n) is 4.92. The quantitative estimate of drug-likeness (QED) is 0.715. The molecular formula is C18H23N3O6. The molecule has 9 nitrogen and oxygen atoms in total. The fourth-order valence-corrected chi connectivity index (χ4v) is 3.39. The number of carbonyl (C=O) groups is 2. The highest BCUT2D eigenvalue weighted by molar-refractivity contribution is 6.06. The molecule has 3 rings (SSSR count). The average Bonchev–Trinajstić information content (AvgIpc) is 3.03. The highest BCUT2D eigenvalue weighted by atomic mass is 16.5. The predicted octanol–water partition coefficient (Wildman–Crippen LogP) is 0.970. The van der Waals surface area contributed by atoms with Gasteiger partial charge >= 0.3 is 5.97 Å². The topological polar surface area (TPSA) is 104 Å². The van der Waals surface area contributed by atoms with Gasteiger partial charge in [-0.3, -0.25) is 19.0 Å². The summed E-state index contributed by atoms with van der Waals surface area (Å²) in [5.41, 5.74) is 0.0615. The molecule has 0 saturated carbocycles. The van der Waals surface area contributed by atoms with Crippen molar-refractivity contribution >= 4 is 23.0 Å². The summed E-state index contributed by atoms with van der Waals surface area (Å²) in [5, 5.41) is 0.186. The van der Waals surface area contributed by atoms with Gasteiger partial charge in [0.15, 0.2) is 0 Å². The number of aromatic nitrogens is 2. The Morgan fingerprint density at radius 2 is 2.00 bits per heavy atom. The number of nitrogens with zero attached hydrogens (tertiary/aromatic N) is 3. The molecule has 0 spiro atoms. The molecule has 0 aliphatic carbocycles. The largest absolute Gasteiger partial charge is 0.469 e. The molecule has 0 atom stereocenters. The first-order valence-electron chi connectivity index (χ1n) is 8.82. The van der Waals surface area contributed by atoms with Crippen LogP contribution in [0.4, 0.5) is 0 Å². The van der Waals surface area contributed by atoms with Crippen LogP contribution < -0.4 is 5.56 Å². The summed E-state index contributed by atoms with van der Waals surface area (Å²) in [6, 6.07) is 0. The van der Waals surface area contributed by atoms with Crippen LogP contribution in [-0.4, -0.2) is 60.2 Å². The van der Waals surface area contributed by atoms with E-state index in [2.05, 4.69) is 4.98 Å². The van der Waals surface area contributed by atoms with Gasteiger partial charge in [-0.1, -0.05) is 0 Å². The van der Waals surface area contributed by atoms with Gasteiger partial charge in [0.05, 0.1) is 31.7 Å². The van der Waals surface area contributed by atoms with Crippen LogP contribution >= 0.6 is 0 Å². The van der Waals surface area contributed by atoms with E-state index in [4.69, 9.17) is 13.9 Å². The monoisotopic (exact) mass is 377 g/mol. The number of fused-ring (bicyclic) bond motifs is 1. The Morgan fingerprint density at radius 1 is 1.30 bits per heavy atom. The maximum absolute atomic E-state index is 13.1.